The van der Waals surface area contributed by atoms with E-state index in [0.29, 0.717) is 38.3 Å². The summed E-state index contributed by atoms with van der Waals surface area (Å²) in [5.41, 5.74) is 1.37. The fourth-order valence-electron chi connectivity index (χ4n) is 3.65. The number of hydrogen-bond donors (Lipinski definition) is 1. The number of anilines is 1. The number of rotatable bonds is 10. The van der Waals surface area contributed by atoms with E-state index in [4.69, 9.17) is 34.8 Å². The van der Waals surface area contributed by atoms with E-state index >= 15 is 0 Å². The molecule has 2 aromatic rings. The van der Waals surface area contributed by atoms with E-state index in [1.54, 1.807) is 50.2 Å². The maximum atomic E-state index is 13.7. The first kappa shape index (κ1) is 29.2. The van der Waals surface area contributed by atoms with Crippen molar-refractivity contribution in [3.8, 4) is 0 Å². The Kier molecular flexibility index (Phi) is 10.3. The lowest BCUT2D eigenvalue weighted by Gasteiger charge is -2.33. The van der Waals surface area contributed by atoms with Gasteiger partial charge in [-0.1, -0.05) is 47.8 Å². The van der Waals surface area contributed by atoms with Gasteiger partial charge in [-0.05, 0) is 63.1 Å². The molecule has 2 aromatic carbocycles. The zero-order valence-electron chi connectivity index (χ0n) is 20.3. The lowest BCUT2D eigenvalue weighted by molar-refractivity contribution is -0.140. The van der Waals surface area contributed by atoms with Crippen molar-refractivity contribution >= 4 is 62.3 Å². The third kappa shape index (κ3) is 7.74. The van der Waals surface area contributed by atoms with Gasteiger partial charge < -0.3 is 10.2 Å². The molecular formula is C24H30Cl3N3O4S. The predicted molar refractivity (Wildman–Crippen MR) is 143 cm³/mol. The quantitative estimate of drug-likeness (QED) is 0.439. The molecule has 0 aliphatic heterocycles. The molecule has 2 amide bonds. The fraction of sp³-hybridized carbons (Fsp3) is 0.417. The van der Waals surface area contributed by atoms with Crippen LogP contribution in [0.3, 0.4) is 0 Å². The molecule has 1 N–H and O–H groups in total. The number of sulfonamides is 1. The molecule has 0 bridgehead atoms. The number of hydrogen-bond acceptors (Lipinski definition) is 4. The second-order valence-electron chi connectivity index (χ2n) is 8.51. The number of amides is 2. The number of carbonyl (C=O) groups is 2. The molecule has 35 heavy (non-hydrogen) atoms. The maximum Gasteiger partial charge on any atom is 0.244 e. The fourth-order valence-corrected chi connectivity index (χ4v) is 5.30. The van der Waals surface area contributed by atoms with Gasteiger partial charge in [-0.2, -0.15) is 0 Å². The summed E-state index contributed by atoms with van der Waals surface area (Å²) in [5.74, 6) is -0.931. The molecule has 0 aliphatic carbocycles. The monoisotopic (exact) mass is 561 g/mol. The van der Waals surface area contributed by atoms with E-state index in [2.05, 4.69) is 5.32 Å². The highest BCUT2D eigenvalue weighted by Crippen LogP contribution is 2.29. The van der Waals surface area contributed by atoms with Crippen LogP contribution in [-0.4, -0.2) is 50.0 Å². The van der Waals surface area contributed by atoms with E-state index in [9.17, 15) is 18.0 Å². The van der Waals surface area contributed by atoms with Crippen LogP contribution in [0.15, 0.2) is 36.4 Å². The van der Waals surface area contributed by atoms with Crippen molar-refractivity contribution < 1.29 is 18.0 Å². The van der Waals surface area contributed by atoms with Crippen LogP contribution >= 0.6 is 34.8 Å². The average molecular weight is 563 g/mol. The maximum absolute atomic E-state index is 13.7. The molecule has 1 atom stereocenters. The summed E-state index contributed by atoms with van der Waals surface area (Å²) < 4.78 is 26.4. The summed E-state index contributed by atoms with van der Waals surface area (Å²) in [4.78, 5) is 28.0. The van der Waals surface area contributed by atoms with Gasteiger partial charge in [-0.15, -0.1) is 0 Å². The lowest BCUT2D eigenvalue weighted by atomic mass is 10.1. The normalized spacial score (nSPS) is 12.4. The van der Waals surface area contributed by atoms with Gasteiger partial charge in [-0.3, -0.25) is 13.9 Å². The van der Waals surface area contributed by atoms with Crippen LogP contribution in [-0.2, 0) is 26.2 Å². The van der Waals surface area contributed by atoms with E-state index in [1.165, 1.54) is 4.90 Å². The minimum absolute atomic E-state index is 0.0709. The van der Waals surface area contributed by atoms with Crippen LogP contribution in [0.4, 0.5) is 5.69 Å². The molecule has 7 nitrogen and oxygen atoms in total. The van der Waals surface area contributed by atoms with Crippen molar-refractivity contribution in [2.24, 2.45) is 0 Å². The number of benzene rings is 2. The molecule has 0 aromatic heterocycles. The average Bonchev–Trinajstić information content (AvgIpc) is 2.73. The van der Waals surface area contributed by atoms with Gasteiger partial charge in [0.25, 0.3) is 0 Å². The van der Waals surface area contributed by atoms with Crippen molar-refractivity contribution in [3.05, 3.63) is 62.6 Å². The minimum atomic E-state index is -3.85. The molecule has 0 saturated heterocycles. The van der Waals surface area contributed by atoms with Crippen molar-refractivity contribution in [1.29, 1.82) is 0 Å². The topological polar surface area (TPSA) is 86.8 Å². The zero-order valence-corrected chi connectivity index (χ0v) is 23.4. The molecule has 11 heteroatoms. The van der Waals surface area contributed by atoms with Gasteiger partial charge in [0.15, 0.2) is 0 Å². The molecule has 0 unspecified atom stereocenters. The molecule has 0 spiro atoms. The Morgan fingerprint density at radius 3 is 2.14 bits per heavy atom. The van der Waals surface area contributed by atoms with Crippen molar-refractivity contribution in [3.63, 3.8) is 0 Å². The highest BCUT2D eigenvalue weighted by Gasteiger charge is 2.33. The third-order valence-electron chi connectivity index (χ3n) is 5.31. The summed E-state index contributed by atoms with van der Waals surface area (Å²) in [6.45, 7) is 6.52. The zero-order chi connectivity index (χ0) is 26.5. The van der Waals surface area contributed by atoms with Crippen LogP contribution < -0.4 is 9.62 Å². The number of nitrogens with one attached hydrogen (secondary N) is 1. The Hall–Kier alpha value is -2.00. The van der Waals surface area contributed by atoms with Gasteiger partial charge in [0.1, 0.15) is 12.6 Å². The van der Waals surface area contributed by atoms with Gasteiger partial charge in [-0.25, -0.2) is 8.42 Å². The number of carbonyl (C=O) groups excluding carboxylic acids is 2. The van der Waals surface area contributed by atoms with Gasteiger partial charge in [0, 0.05) is 33.2 Å². The van der Waals surface area contributed by atoms with Crippen LogP contribution in [0, 0.1) is 6.92 Å². The second kappa shape index (κ2) is 12.3. The van der Waals surface area contributed by atoms with Crippen LogP contribution in [0.2, 0.25) is 15.1 Å². The van der Waals surface area contributed by atoms with E-state index in [0.717, 1.165) is 10.6 Å². The molecule has 0 radical (unpaired) electrons. The smallest absolute Gasteiger partial charge is 0.244 e. The molecule has 2 rings (SSSR count). The van der Waals surface area contributed by atoms with Crippen molar-refractivity contribution in [2.45, 2.75) is 52.7 Å². The first-order chi connectivity index (χ1) is 16.3. The SMILES string of the molecule is CC[C@@H](C(=O)NC(C)C)N(Cc1c(Cl)cccc1Cl)C(=O)CN(c1ccc(Cl)cc1C)S(C)(=O)=O. The summed E-state index contributed by atoms with van der Waals surface area (Å²) in [6.07, 6.45) is 1.32. The van der Waals surface area contributed by atoms with Crippen LogP contribution in [0.5, 0.6) is 0 Å². The predicted octanol–water partition coefficient (Wildman–Crippen LogP) is 5.05. The summed E-state index contributed by atoms with van der Waals surface area (Å²) >= 11 is 18.8. The van der Waals surface area contributed by atoms with E-state index in [1.807, 2.05) is 13.8 Å². The first-order valence-corrected chi connectivity index (χ1v) is 14.0. The highest BCUT2D eigenvalue weighted by molar-refractivity contribution is 7.92. The highest BCUT2D eigenvalue weighted by atomic mass is 35.5. The second-order valence-corrected chi connectivity index (χ2v) is 11.7. The third-order valence-corrected chi connectivity index (χ3v) is 7.38. The Morgan fingerprint density at radius 1 is 1.06 bits per heavy atom. The van der Waals surface area contributed by atoms with Crippen molar-refractivity contribution in [2.75, 3.05) is 17.1 Å². The van der Waals surface area contributed by atoms with Crippen LogP contribution in [0.1, 0.15) is 38.3 Å². The largest absolute Gasteiger partial charge is 0.352 e. The minimum Gasteiger partial charge on any atom is -0.352 e. The first-order valence-electron chi connectivity index (χ1n) is 11.0. The standard InChI is InChI=1S/C24H30Cl3N3O4S/c1-6-21(24(32)28-15(2)3)29(13-18-19(26)8-7-9-20(18)27)23(31)14-30(35(5,33)34)22-11-10-17(25)12-16(22)4/h7-12,15,21H,6,13-14H2,1-5H3,(H,28,32)/t21-/m0/s1. The summed E-state index contributed by atoms with van der Waals surface area (Å²) in [5, 5.41) is 3.94. The van der Waals surface area contributed by atoms with E-state index < -0.39 is 28.5 Å². The molecule has 0 saturated carbocycles. The Balaban J connectivity index is 2.54. The Morgan fingerprint density at radius 2 is 1.66 bits per heavy atom. The number of nitrogens with zero attached hydrogens (tertiary/aromatic N) is 2. The molecule has 0 fully saturated rings. The molecule has 0 aliphatic rings. The summed E-state index contributed by atoms with van der Waals surface area (Å²) in [6, 6.07) is 8.65. The van der Waals surface area contributed by atoms with Gasteiger partial charge in [0.05, 0.1) is 11.9 Å². The van der Waals surface area contributed by atoms with Crippen molar-refractivity contribution in [1.82, 2.24) is 10.2 Å². The lowest BCUT2D eigenvalue weighted by Crippen LogP contribution is -2.53. The van der Waals surface area contributed by atoms with Gasteiger partial charge in [0.2, 0.25) is 21.8 Å². The van der Waals surface area contributed by atoms with Gasteiger partial charge >= 0.3 is 0 Å². The molecular weight excluding hydrogens is 533 g/mol. The molecule has 192 valence electrons. The Labute approximate surface area is 222 Å². The number of halogens is 3. The van der Waals surface area contributed by atoms with Crippen LogP contribution in [0.25, 0.3) is 0 Å². The summed E-state index contributed by atoms with van der Waals surface area (Å²) in [7, 11) is -3.85. The van der Waals surface area contributed by atoms with E-state index in [-0.39, 0.29) is 18.5 Å². The number of aryl methyl sites for hydroxylation is 1. The molecule has 0 heterocycles. The Bertz CT molecular complexity index is 1170.